The molecule has 2 aromatic rings. The Kier molecular flexibility index (Phi) is 4.43. The zero-order valence-corrected chi connectivity index (χ0v) is 11.1. The molecule has 0 saturated heterocycles. The number of carbonyl (C=O) groups excluding carboxylic acids is 2. The van der Waals surface area contributed by atoms with E-state index in [1.54, 1.807) is 36.4 Å². The van der Waals surface area contributed by atoms with Gasteiger partial charge in [0.25, 0.3) is 5.24 Å². The van der Waals surface area contributed by atoms with Crippen molar-refractivity contribution in [3.05, 3.63) is 77.4 Å². The molecule has 0 unspecified atom stereocenters. The van der Waals surface area contributed by atoms with Gasteiger partial charge in [-0.2, -0.15) is 0 Å². The van der Waals surface area contributed by atoms with Crippen molar-refractivity contribution in [2.75, 3.05) is 0 Å². The van der Waals surface area contributed by atoms with Gasteiger partial charge in [-0.1, -0.05) is 60.7 Å². The molecule has 0 amide bonds. The minimum Gasteiger partial charge on any atom is -0.288 e. The van der Waals surface area contributed by atoms with Gasteiger partial charge in [-0.05, 0) is 11.6 Å². The molecule has 0 aliphatic rings. The predicted octanol–water partition coefficient (Wildman–Crippen LogP) is 4.02. The Morgan fingerprint density at radius 1 is 0.800 bits per heavy atom. The summed E-state index contributed by atoms with van der Waals surface area (Å²) in [4.78, 5) is 23.6. The van der Waals surface area contributed by atoms with E-state index >= 15 is 0 Å². The minimum absolute atomic E-state index is 0.140. The molecule has 2 aromatic carbocycles. The topological polar surface area (TPSA) is 34.1 Å². The SMILES string of the molecule is O=C(Cl)C(C(=O)c1ccccc1)=C(F)c1ccccc1. The van der Waals surface area contributed by atoms with Crippen LogP contribution < -0.4 is 0 Å². The molecule has 0 atom stereocenters. The number of ketones is 1. The van der Waals surface area contributed by atoms with E-state index in [0.717, 1.165) is 0 Å². The third kappa shape index (κ3) is 3.00. The molecule has 0 bridgehead atoms. The van der Waals surface area contributed by atoms with Crippen LogP contribution in [0.15, 0.2) is 66.2 Å². The van der Waals surface area contributed by atoms with E-state index in [2.05, 4.69) is 0 Å². The maximum atomic E-state index is 14.3. The van der Waals surface area contributed by atoms with E-state index in [4.69, 9.17) is 11.6 Å². The van der Waals surface area contributed by atoms with Gasteiger partial charge >= 0.3 is 0 Å². The van der Waals surface area contributed by atoms with E-state index in [9.17, 15) is 14.0 Å². The fourth-order valence-corrected chi connectivity index (χ4v) is 1.91. The number of halogens is 2. The molecule has 2 rings (SSSR count). The first-order valence-electron chi connectivity index (χ1n) is 5.86. The van der Waals surface area contributed by atoms with Crippen molar-refractivity contribution in [3.8, 4) is 0 Å². The van der Waals surface area contributed by atoms with Gasteiger partial charge < -0.3 is 0 Å². The van der Waals surface area contributed by atoms with Crippen molar-refractivity contribution < 1.29 is 14.0 Å². The van der Waals surface area contributed by atoms with Gasteiger partial charge in [-0.15, -0.1) is 0 Å². The molecular weight excluding hydrogens is 279 g/mol. The molecule has 0 N–H and O–H groups in total. The second kappa shape index (κ2) is 6.26. The summed E-state index contributed by atoms with van der Waals surface area (Å²) >= 11 is 5.38. The van der Waals surface area contributed by atoms with Crippen molar-refractivity contribution in [3.63, 3.8) is 0 Å². The Hall–Kier alpha value is -2.26. The molecule has 0 radical (unpaired) electrons. The highest BCUT2D eigenvalue weighted by molar-refractivity contribution is 6.71. The third-order valence-electron chi connectivity index (χ3n) is 2.71. The number of hydrogen-bond acceptors (Lipinski definition) is 2. The molecule has 0 heterocycles. The van der Waals surface area contributed by atoms with Crippen LogP contribution in [0.4, 0.5) is 4.39 Å². The van der Waals surface area contributed by atoms with Crippen molar-refractivity contribution in [2.45, 2.75) is 0 Å². The van der Waals surface area contributed by atoms with Crippen molar-refractivity contribution in [2.24, 2.45) is 0 Å². The average molecular weight is 289 g/mol. The number of Topliss-reactive ketones (excluding diaryl/α,β-unsaturated/α-hetero) is 1. The molecule has 0 aliphatic heterocycles. The maximum Gasteiger partial charge on any atom is 0.259 e. The van der Waals surface area contributed by atoms with Gasteiger partial charge in [0.2, 0.25) is 5.78 Å². The molecule has 100 valence electrons. The van der Waals surface area contributed by atoms with Gasteiger partial charge in [0.1, 0.15) is 11.4 Å². The lowest BCUT2D eigenvalue weighted by atomic mass is 10.0. The first kappa shape index (κ1) is 14.2. The lowest BCUT2D eigenvalue weighted by Gasteiger charge is -2.05. The standard InChI is InChI=1S/C16H10ClFO2/c17-16(20)13(14(18)11-7-3-1-4-8-11)15(19)12-9-5-2-6-10-12/h1-10H. The zero-order valence-electron chi connectivity index (χ0n) is 10.3. The highest BCUT2D eigenvalue weighted by atomic mass is 35.5. The minimum atomic E-state index is -1.11. The zero-order chi connectivity index (χ0) is 14.5. The predicted molar refractivity (Wildman–Crippen MR) is 76.1 cm³/mol. The van der Waals surface area contributed by atoms with Crippen LogP contribution in [0, 0.1) is 0 Å². The number of allylic oxidation sites excluding steroid dienone is 1. The fourth-order valence-electron chi connectivity index (χ4n) is 1.74. The Morgan fingerprint density at radius 2 is 1.25 bits per heavy atom. The van der Waals surface area contributed by atoms with Gasteiger partial charge in [0.15, 0.2) is 0 Å². The summed E-state index contributed by atoms with van der Waals surface area (Å²) in [5, 5.41) is -1.11. The first-order chi connectivity index (χ1) is 9.61. The van der Waals surface area contributed by atoms with Crippen LogP contribution in [0.5, 0.6) is 0 Å². The molecule has 20 heavy (non-hydrogen) atoms. The molecule has 0 fully saturated rings. The van der Waals surface area contributed by atoms with Crippen molar-refractivity contribution in [1.82, 2.24) is 0 Å². The number of hydrogen-bond donors (Lipinski definition) is 0. The molecular formula is C16H10ClFO2. The third-order valence-corrected chi connectivity index (χ3v) is 2.90. The largest absolute Gasteiger partial charge is 0.288 e. The summed E-state index contributed by atoms with van der Waals surface area (Å²) in [5.41, 5.74) is -0.299. The van der Waals surface area contributed by atoms with E-state index in [1.165, 1.54) is 24.3 Å². The first-order valence-corrected chi connectivity index (χ1v) is 6.24. The van der Waals surface area contributed by atoms with Gasteiger partial charge in [-0.25, -0.2) is 4.39 Å². The monoisotopic (exact) mass is 288 g/mol. The Morgan fingerprint density at radius 3 is 1.70 bits per heavy atom. The normalized spacial score (nSPS) is 11.7. The van der Waals surface area contributed by atoms with E-state index in [1.807, 2.05) is 0 Å². The fraction of sp³-hybridized carbons (Fsp3) is 0. The quantitative estimate of drug-likeness (QED) is 0.280. The number of carbonyl (C=O) groups is 2. The molecule has 0 spiro atoms. The second-order valence-corrected chi connectivity index (χ2v) is 4.37. The van der Waals surface area contributed by atoms with E-state index < -0.39 is 22.4 Å². The molecule has 0 saturated carbocycles. The highest BCUT2D eigenvalue weighted by Gasteiger charge is 2.24. The lowest BCUT2D eigenvalue weighted by molar-refractivity contribution is -0.108. The van der Waals surface area contributed by atoms with E-state index in [0.29, 0.717) is 0 Å². The molecule has 0 aromatic heterocycles. The van der Waals surface area contributed by atoms with Crippen LogP contribution in [-0.4, -0.2) is 11.0 Å². The molecule has 2 nitrogen and oxygen atoms in total. The smallest absolute Gasteiger partial charge is 0.259 e. The van der Waals surface area contributed by atoms with E-state index in [-0.39, 0.29) is 11.1 Å². The summed E-state index contributed by atoms with van der Waals surface area (Å²) in [6.45, 7) is 0. The number of rotatable bonds is 4. The number of benzene rings is 2. The van der Waals surface area contributed by atoms with Crippen LogP contribution in [0.25, 0.3) is 5.83 Å². The summed E-state index contributed by atoms with van der Waals surface area (Å²) in [7, 11) is 0. The summed E-state index contributed by atoms with van der Waals surface area (Å²) in [6.07, 6.45) is 0. The molecule has 4 heteroatoms. The van der Waals surface area contributed by atoms with Crippen LogP contribution in [-0.2, 0) is 4.79 Å². The maximum absolute atomic E-state index is 14.3. The van der Waals surface area contributed by atoms with Gasteiger partial charge in [0.05, 0.1) is 0 Å². The molecule has 0 aliphatic carbocycles. The highest BCUT2D eigenvalue weighted by Crippen LogP contribution is 2.24. The van der Waals surface area contributed by atoms with Crippen LogP contribution >= 0.6 is 11.6 Å². The van der Waals surface area contributed by atoms with Crippen molar-refractivity contribution >= 4 is 28.5 Å². The van der Waals surface area contributed by atoms with Gasteiger partial charge in [0, 0.05) is 11.1 Å². The summed E-state index contributed by atoms with van der Waals surface area (Å²) in [6, 6.07) is 15.8. The Labute approximate surface area is 120 Å². The second-order valence-electron chi connectivity index (χ2n) is 4.02. The Bertz CT molecular complexity index is 663. The summed E-state index contributed by atoms with van der Waals surface area (Å²) in [5.74, 6) is -1.65. The van der Waals surface area contributed by atoms with Crippen molar-refractivity contribution in [1.29, 1.82) is 0 Å². The lowest BCUT2D eigenvalue weighted by Crippen LogP contribution is -2.10. The van der Waals surface area contributed by atoms with Crippen LogP contribution in [0.3, 0.4) is 0 Å². The van der Waals surface area contributed by atoms with Gasteiger partial charge in [-0.3, -0.25) is 9.59 Å². The Balaban J connectivity index is 2.53. The average Bonchev–Trinajstić information content (AvgIpc) is 2.48. The van der Waals surface area contributed by atoms with Crippen LogP contribution in [0.2, 0.25) is 0 Å². The van der Waals surface area contributed by atoms with Crippen LogP contribution in [0.1, 0.15) is 15.9 Å². The summed E-state index contributed by atoms with van der Waals surface area (Å²) < 4.78 is 14.3.